The van der Waals surface area contributed by atoms with Crippen LogP contribution in [0.1, 0.15) is 36.8 Å². The summed E-state index contributed by atoms with van der Waals surface area (Å²) in [6.45, 7) is 3.34. The van der Waals surface area contributed by atoms with Crippen LogP contribution in [-0.2, 0) is 11.3 Å². The lowest BCUT2D eigenvalue weighted by atomic mass is 9.46. The van der Waals surface area contributed by atoms with Crippen molar-refractivity contribution in [3.8, 4) is 0 Å². The number of halogens is 1. The zero-order chi connectivity index (χ0) is 16.7. The van der Waals surface area contributed by atoms with E-state index in [0.717, 1.165) is 24.6 Å². The van der Waals surface area contributed by atoms with E-state index in [1.807, 2.05) is 12.1 Å². The number of aliphatic imine (C=N–C) groups is 1. The first-order valence-corrected chi connectivity index (χ1v) is 8.98. The SMILES string of the molecule is CN=C(NCc1ccc(F)c(C)c1)NC1C2CCOC2C12CCC2. The molecule has 4 rings (SSSR count). The number of ether oxygens (including phenoxy) is 1. The van der Waals surface area contributed by atoms with E-state index < -0.39 is 0 Å². The maximum absolute atomic E-state index is 13.4. The number of benzene rings is 1. The molecule has 1 aromatic rings. The molecule has 1 aliphatic heterocycles. The number of hydrogen-bond acceptors (Lipinski definition) is 2. The van der Waals surface area contributed by atoms with Crippen LogP contribution in [0.25, 0.3) is 0 Å². The maximum Gasteiger partial charge on any atom is 0.191 e. The second kappa shape index (κ2) is 6.03. The number of guanidine groups is 1. The smallest absolute Gasteiger partial charge is 0.191 e. The molecule has 1 heterocycles. The van der Waals surface area contributed by atoms with Crippen LogP contribution in [-0.4, -0.2) is 31.8 Å². The van der Waals surface area contributed by atoms with Gasteiger partial charge in [0.1, 0.15) is 5.82 Å². The van der Waals surface area contributed by atoms with E-state index in [2.05, 4.69) is 15.6 Å². The van der Waals surface area contributed by atoms with Gasteiger partial charge in [0, 0.05) is 37.6 Å². The number of hydrogen-bond donors (Lipinski definition) is 2. The van der Waals surface area contributed by atoms with Gasteiger partial charge in [-0.1, -0.05) is 18.6 Å². The first kappa shape index (κ1) is 15.9. The lowest BCUT2D eigenvalue weighted by Crippen LogP contribution is -2.72. The summed E-state index contributed by atoms with van der Waals surface area (Å²) >= 11 is 0. The Kier molecular flexibility index (Phi) is 3.99. The van der Waals surface area contributed by atoms with E-state index >= 15 is 0 Å². The van der Waals surface area contributed by atoms with E-state index in [1.165, 1.54) is 25.3 Å². The molecule has 24 heavy (non-hydrogen) atoms. The first-order valence-electron chi connectivity index (χ1n) is 8.98. The fourth-order valence-electron chi connectivity index (χ4n) is 4.80. The van der Waals surface area contributed by atoms with Crippen LogP contribution in [0.5, 0.6) is 0 Å². The van der Waals surface area contributed by atoms with Gasteiger partial charge in [-0.05, 0) is 43.4 Å². The van der Waals surface area contributed by atoms with Crippen molar-refractivity contribution in [2.75, 3.05) is 13.7 Å². The maximum atomic E-state index is 13.4. The number of aryl methyl sites for hydroxylation is 1. The second-order valence-electron chi connectivity index (χ2n) is 7.46. The molecule has 0 amide bonds. The topological polar surface area (TPSA) is 45.7 Å². The number of nitrogens with zero attached hydrogens (tertiary/aromatic N) is 1. The number of nitrogens with one attached hydrogen (secondary N) is 2. The van der Waals surface area contributed by atoms with Crippen molar-refractivity contribution >= 4 is 5.96 Å². The molecule has 3 unspecified atom stereocenters. The van der Waals surface area contributed by atoms with Gasteiger partial charge in [-0.2, -0.15) is 0 Å². The molecule has 1 spiro atoms. The average molecular weight is 331 g/mol. The summed E-state index contributed by atoms with van der Waals surface area (Å²) in [5, 5.41) is 7.02. The Morgan fingerprint density at radius 3 is 2.92 bits per heavy atom. The monoisotopic (exact) mass is 331 g/mol. The van der Waals surface area contributed by atoms with Crippen molar-refractivity contribution in [2.24, 2.45) is 16.3 Å². The quantitative estimate of drug-likeness (QED) is 0.661. The van der Waals surface area contributed by atoms with Crippen LogP contribution in [0.2, 0.25) is 0 Å². The lowest BCUT2D eigenvalue weighted by molar-refractivity contribution is -0.171. The Morgan fingerprint density at radius 2 is 2.25 bits per heavy atom. The van der Waals surface area contributed by atoms with Crippen molar-refractivity contribution in [1.82, 2.24) is 10.6 Å². The molecule has 2 aliphatic carbocycles. The minimum Gasteiger partial charge on any atom is -0.377 e. The Balaban J connectivity index is 1.39. The van der Waals surface area contributed by atoms with Crippen LogP contribution in [0, 0.1) is 24.1 Å². The fourth-order valence-corrected chi connectivity index (χ4v) is 4.80. The molecule has 5 heteroatoms. The molecule has 2 N–H and O–H groups in total. The molecular weight excluding hydrogens is 305 g/mol. The van der Waals surface area contributed by atoms with Crippen LogP contribution in [0.3, 0.4) is 0 Å². The Labute approximate surface area is 142 Å². The summed E-state index contributed by atoms with van der Waals surface area (Å²) in [6, 6.07) is 5.70. The molecule has 1 saturated heterocycles. The molecule has 3 aliphatic rings. The minimum atomic E-state index is -0.157. The number of rotatable bonds is 3. The fraction of sp³-hybridized carbons (Fsp3) is 0.632. The zero-order valence-corrected chi connectivity index (χ0v) is 14.4. The van der Waals surface area contributed by atoms with E-state index in [0.29, 0.717) is 35.6 Å². The van der Waals surface area contributed by atoms with Crippen molar-refractivity contribution in [1.29, 1.82) is 0 Å². The van der Waals surface area contributed by atoms with Gasteiger partial charge in [0.2, 0.25) is 0 Å². The van der Waals surface area contributed by atoms with Crippen LogP contribution in [0.4, 0.5) is 4.39 Å². The summed E-state index contributed by atoms with van der Waals surface area (Å²) in [5.41, 5.74) is 2.08. The summed E-state index contributed by atoms with van der Waals surface area (Å²) in [6.07, 6.45) is 5.45. The minimum absolute atomic E-state index is 0.157. The van der Waals surface area contributed by atoms with Gasteiger partial charge < -0.3 is 15.4 Å². The molecule has 3 fully saturated rings. The Hall–Kier alpha value is -1.62. The van der Waals surface area contributed by atoms with Gasteiger partial charge in [-0.25, -0.2) is 4.39 Å². The predicted molar refractivity (Wildman–Crippen MR) is 92.4 cm³/mol. The van der Waals surface area contributed by atoms with E-state index in [4.69, 9.17) is 4.74 Å². The van der Waals surface area contributed by atoms with Crippen LogP contribution < -0.4 is 10.6 Å². The van der Waals surface area contributed by atoms with Gasteiger partial charge in [-0.3, -0.25) is 4.99 Å². The average Bonchev–Trinajstić information content (AvgIpc) is 2.94. The highest BCUT2D eigenvalue weighted by atomic mass is 19.1. The molecule has 0 bridgehead atoms. The van der Waals surface area contributed by atoms with Crippen molar-refractivity contribution in [3.05, 3.63) is 35.1 Å². The third-order valence-corrected chi connectivity index (χ3v) is 6.23. The van der Waals surface area contributed by atoms with Crippen LogP contribution >= 0.6 is 0 Å². The first-order chi connectivity index (χ1) is 11.6. The lowest BCUT2D eigenvalue weighted by Gasteiger charge is -2.63. The highest BCUT2D eigenvalue weighted by molar-refractivity contribution is 5.80. The highest BCUT2D eigenvalue weighted by Crippen LogP contribution is 2.62. The van der Waals surface area contributed by atoms with Crippen LogP contribution in [0.15, 0.2) is 23.2 Å². The Bertz CT molecular complexity index is 656. The highest BCUT2D eigenvalue weighted by Gasteiger charge is 2.66. The van der Waals surface area contributed by atoms with Crippen molar-refractivity contribution in [2.45, 2.75) is 51.3 Å². The number of fused-ring (bicyclic) bond motifs is 2. The zero-order valence-electron chi connectivity index (χ0n) is 14.4. The normalized spacial score (nSPS) is 30.5. The molecule has 1 aromatic carbocycles. The molecule has 0 aromatic heterocycles. The van der Waals surface area contributed by atoms with E-state index in [1.54, 1.807) is 14.0 Å². The van der Waals surface area contributed by atoms with E-state index in [-0.39, 0.29) is 5.82 Å². The standard InChI is InChI=1S/C19H26FN3O/c1-12-10-13(4-5-15(12)20)11-22-18(21-2)23-16-14-6-9-24-17(14)19(16)7-3-8-19/h4-5,10,14,16-17H,3,6-9,11H2,1-2H3,(H2,21,22,23). The molecule has 130 valence electrons. The Morgan fingerprint density at radius 1 is 1.42 bits per heavy atom. The van der Waals surface area contributed by atoms with Gasteiger partial charge in [0.15, 0.2) is 5.96 Å². The molecule has 3 atom stereocenters. The summed E-state index contributed by atoms with van der Waals surface area (Å²) in [7, 11) is 1.81. The predicted octanol–water partition coefficient (Wildman–Crippen LogP) is 2.76. The third kappa shape index (κ3) is 2.41. The van der Waals surface area contributed by atoms with Crippen molar-refractivity contribution < 1.29 is 9.13 Å². The summed E-state index contributed by atoms with van der Waals surface area (Å²) in [5.74, 6) is 1.30. The summed E-state index contributed by atoms with van der Waals surface area (Å²) < 4.78 is 19.3. The second-order valence-corrected chi connectivity index (χ2v) is 7.46. The third-order valence-electron chi connectivity index (χ3n) is 6.23. The summed E-state index contributed by atoms with van der Waals surface area (Å²) in [4.78, 5) is 4.38. The largest absolute Gasteiger partial charge is 0.377 e. The molecule has 4 nitrogen and oxygen atoms in total. The molecular formula is C19H26FN3O. The van der Waals surface area contributed by atoms with E-state index in [9.17, 15) is 4.39 Å². The van der Waals surface area contributed by atoms with Gasteiger partial charge in [0.25, 0.3) is 0 Å². The van der Waals surface area contributed by atoms with Gasteiger partial charge in [-0.15, -0.1) is 0 Å². The molecule has 0 radical (unpaired) electrons. The van der Waals surface area contributed by atoms with Gasteiger partial charge in [0.05, 0.1) is 6.10 Å². The van der Waals surface area contributed by atoms with Crippen molar-refractivity contribution in [3.63, 3.8) is 0 Å². The molecule has 2 saturated carbocycles. The van der Waals surface area contributed by atoms with Gasteiger partial charge >= 0.3 is 0 Å².